The highest BCUT2D eigenvalue weighted by Crippen LogP contribution is 2.33. The Morgan fingerprint density at radius 1 is 0.969 bits per heavy atom. The number of ether oxygens (including phenoxy) is 1. The molecule has 4 rings (SSSR count). The summed E-state index contributed by atoms with van der Waals surface area (Å²) in [4.78, 5) is 4.48. The number of hydrogen-bond acceptors (Lipinski definition) is 6. The van der Waals surface area contributed by atoms with E-state index in [1.165, 1.54) is 12.1 Å². The number of halogens is 1. The zero-order valence-electron chi connectivity index (χ0n) is 17.3. The van der Waals surface area contributed by atoms with Crippen molar-refractivity contribution in [3.63, 3.8) is 0 Å². The number of anilines is 1. The molecule has 1 aromatic heterocycles. The van der Waals surface area contributed by atoms with Gasteiger partial charge >= 0.3 is 0 Å². The van der Waals surface area contributed by atoms with Gasteiger partial charge in [-0.2, -0.15) is 4.98 Å². The lowest BCUT2D eigenvalue weighted by Crippen LogP contribution is -2.07. The first kappa shape index (κ1) is 21.9. The molecule has 0 aliphatic carbocycles. The standard InChI is InChI=1S/C24H21ClN2O4S/c1-2-30-19-14-12-17(13-15-19)22-27-24(32(28,29)20-9-4-3-5-10-20)23(31-22)26-16-18-8-6-7-11-21(18)25/h3-15,26H,2,16H2,1H3. The highest BCUT2D eigenvalue weighted by Gasteiger charge is 2.28. The number of rotatable bonds is 8. The van der Waals surface area contributed by atoms with Crippen molar-refractivity contribution in [1.29, 1.82) is 0 Å². The fourth-order valence-corrected chi connectivity index (χ4v) is 4.61. The average molecular weight is 469 g/mol. The summed E-state index contributed by atoms with van der Waals surface area (Å²) >= 11 is 6.24. The van der Waals surface area contributed by atoms with Gasteiger partial charge in [0, 0.05) is 17.1 Å². The number of benzene rings is 3. The van der Waals surface area contributed by atoms with Crippen LogP contribution in [0.15, 0.2) is 93.2 Å². The van der Waals surface area contributed by atoms with Crippen LogP contribution in [0.3, 0.4) is 0 Å². The Morgan fingerprint density at radius 3 is 2.34 bits per heavy atom. The molecule has 0 aliphatic heterocycles. The topological polar surface area (TPSA) is 81.4 Å². The fraction of sp³-hybridized carbons (Fsp3) is 0.125. The SMILES string of the molecule is CCOc1ccc(-c2nc(S(=O)(=O)c3ccccc3)c(NCc3ccccc3Cl)o2)cc1. The van der Waals surface area contributed by atoms with Crippen LogP contribution in [0, 0.1) is 0 Å². The van der Waals surface area contributed by atoms with Crippen LogP contribution in [-0.4, -0.2) is 20.0 Å². The quantitative estimate of drug-likeness (QED) is 0.350. The molecule has 8 heteroatoms. The van der Waals surface area contributed by atoms with E-state index < -0.39 is 9.84 Å². The second kappa shape index (κ2) is 9.46. The Labute approximate surface area is 191 Å². The van der Waals surface area contributed by atoms with Crippen LogP contribution in [0.1, 0.15) is 12.5 Å². The smallest absolute Gasteiger partial charge is 0.234 e. The second-order valence-corrected chi connectivity index (χ2v) is 9.14. The molecule has 1 heterocycles. The van der Waals surface area contributed by atoms with Crippen LogP contribution in [-0.2, 0) is 16.4 Å². The zero-order chi connectivity index (χ0) is 22.6. The molecular weight excluding hydrogens is 448 g/mol. The molecule has 0 fully saturated rings. The Morgan fingerprint density at radius 2 is 1.66 bits per heavy atom. The summed E-state index contributed by atoms with van der Waals surface area (Å²) in [6, 6.07) is 22.6. The molecule has 0 atom stereocenters. The molecule has 0 unspecified atom stereocenters. The van der Waals surface area contributed by atoms with Gasteiger partial charge in [-0.15, -0.1) is 0 Å². The van der Waals surface area contributed by atoms with Gasteiger partial charge in [0.05, 0.1) is 11.5 Å². The van der Waals surface area contributed by atoms with Crippen LogP contribution >= 0.6 is 11.6 Å². The third-order valence-corrected chi connectivity index (χ3v) is 6.76. The van der Waals surface area contributed by atoms with E-state index in [4.69, 9.17) is 20.8 Å². The van der Waals surface area contributed by atoms with Crippen molar-refractivity contribution in [1.82, 2.24) is 4.98 Å². The Hall–Kier alpha value is -3.29. The Kier molecular flexibility index (Phi) is 6.48. The van der Waals surface area contributed by atoms with Crippen LogP contribution in [0.25, 0.3) is 11.5 Å². The normalized spacial score (nSPS) is 11.3. The van der Waals surface area contributed by atoms with E-state index in [-0.39, 0.29) is 28.2 Å². The van der Waals surface area contributed by atoms with Gasteiger partial charge in [-0.1, -0.05) is 48.0 Å². The van der Waals surface area contributed by atoms with Gasteiger partial charge in [-0.25, -0.2) is 8.42 Å². The van der Waals surface area contributed by atoms with E-state index in [0.717, 1.165) is 5.56 Å². The van der Waals surface area contributed by atoms with Gasteiger partial charge in [-0.3, -0.25) is 0 Å². The molecule has 4 aromatic rings. The number of nitrogens with zero attached hydrogens (tertiary/aromatic N) is 1. The van der Waals surface area contributed by atoms with Crippen LogP contribution < -0.4 is 10.1 Å². The van der Waals surface area contributed by atoms with Crippen molar-refractivity contribution in [2.24, 2.45) is 0 Å². The second-order valence-electron chi connectivity index (χ2n) is 6.87. The van der Waals surface area contributed by atoms with Crippen molar-refractivity contribution in [3.05, 3.63) is 89.4 Å². The molecular formula is C24H21ClN2O4S. The van der Waals surface area contributed by atoms with Crippen molar-refractivity contribution in [2.75, 3.05) is 11.9 Å². The molecule has 0 saturated carbocycles. The van der Waals surface area contributed by atoms with Gasteiger partial charge in [0.15, 0.2) is 0 Å². The molecule has 0 saturated heterocycles. The fourth-order valence-electron chi connectivity index (χ4n) is 3.11. The summed E-state index contributed by atoms with van der Waals surface area (Å²) in [5, 5.41) is 3.44. The van der Waals surface area contributed by atoms with Gasteiger partial charge in [0.25, 0.3) is 0 Å². The van der Waals surface area contributed by atoms with E-state index >= 15 is 0 Å². The average Bonchev–Trinajstić information content (AvgIpc) is 3.25. The third-order valence-electron chi connectivity index (χ3n) is 4.71. The molecule has 1 N–H and O–H groups in total. The molecule has 3 aromatic carbocycles. The molecule has 164 valence electrons. The van der Waals surface area contributed by atoms with E-state index in [9.17, 15) is 8.42 Å². The molecule has 32 heavy (non-hydrogen) atoms. The number of nitrogens with one attached hydrogen (secondary N) is 1. The maximum absolute atomic E-state index is 13.3. The minimum atomic E-state index is -3.91. The summed E-state index contributed by atoms with van der Waals surface area (Å²) < 4.78 is 38.0. The lowest BCUT2D eigenvalue weighted by atomic mass is 10.2. The maximum Gasteiger partial charge on any atom is 0.234 e. The Balaban J connectivity index is 1.73. The monoisotopic (exact) mass is 468 g/mol. The molecule has 0 bridgehead atoms. The largest absolute Gasteiger partial charge is 0.494 e. The highest BCUT2D eigenvalue weighted by atomic mass is 35.5. The highest BCUT2D eigenvalue weighted by molar-refractivity contribution is 7.91. The van der Waals surface area contributed by atoms with Crippen LogP contribution in [0.5, 0.6) is 5.75 Å². The van der Waals surface area contributed by atoms with Crippen molar-refractivity contribution in [2.45, 2.75) is 23.4 Å². The minimum Gasteiger partial charge on any atom is -0.494 e. The van der Waals surface area contributed by atoms with Gasteiger partial charge in [0.2, 0.25) is 26.6 Å². The molecule has 0 radical (unpaired) electrons. The zero-order valence-corrected chi connectivity index (χ0v) is 18.9. The first-order valence-electron chi connectivity index (χ1n) is 10.0. The first-order chi connectivity index (χ1) is 15.5. The predicted octanol–water partition coefficient (Wildman–Crippen LogP) is 5.84. The number of hydrogen-bond donors (Lipinski definition) is 1. The lowest BCUT2D eigenvalue weighted by molar-refractivity contribution is 0.340. The summed E-state index contributed by atoms with van der Waals surface area (Å²) in [5.74, 6) is 0.943. The lowest BCUT2D eigenvalue weighted by Gasteiger charge is -2.07. The van der Waals surface area contributed by atoms with E-state index in [1.54, 1.807) is 48.5 Å². The van der Waals surface area contributed by atoms with E-state index in [0.29, 0.717) is 22.9 Å². The molecule has 0 spiro atoms. The van der Waals surface area contributed by atoms with Crippen molar-refractivity contribution >= 4 is 27.3 Å². The summed E-state index contributed by atoms with van der Waals surface area (Å²) in [6.45, 7) is 2.72. The van der Waals surface area contributed by atoms with Crippen LogP contribution in [0.2, 0.25) is 5.02 Å². The minimum absolute atomic E-state index is 0.0534. The third kappa shape index (κ3) is 4.64. The van der Waals surface area contributed by atoms with Gasteiger partial charge < -0.3 is 14.5 Å². The molecule has 6 nitrogen and oxygen atoms in total. The Bertz CT molecular complexity index is 1300. The first-order valence-corrected chi connectivity index (χ1v) is 11.9. The summed E-state index contributed by atoms with van der Waals surface area (Å²) in [5.41, 5.74) is 1.43. The van der Waals surface area contributed by atoms with Gasteiger partial charge in [-0.05, 0) is 55.0 Å². The van der Waals surface area contributed by atoms with Crippen LogP contribution in [0.4, 0.5) is 5.88 Å². The molecule has 0 aliphatic rings. The van der Waals surface area contributed by atoms with E-state index in [2.05, 4.69) is 10.3 Å². The number of sulfone groups is 1. The van der Waals surface area contributed by atoms with Gasteiger partial charge in [0.1, 0.15) is 5.75 Å². The number of aromatic nitrogens is 1. The summed E-state index contributed by atoms with van der Waals surface area (Å²) in [6.07, 6.45) is 0. The maximum atomic E-state index is 13.3. The molecule has 0 amide bonds. The number of oxazole rings is 1. The predicted molar refractivity (Wildman–Crippen MR) is 124 cm³/mol. The summed E-state index contributed by atoms with van der Waals surface area (Å²) in [7, 11) is -3.91. The van der Waals surface area contributed by atoms with E-state index in [1.807, 2.05) is 25.1 Å². The van der Waals surface area contributed by atoms with Crippen molar-refractivity contribution in [3.8, 4) is 17.2 Å². The van der Waals surface area contributed by atoms with Crippen molar-refractivity contribution < 1.29 is 17.6 Å².